The number of nitrogens with one attached hydrogen (secondary N) is 3. The van der Waals surface area contributed by atoms with Crippen molar-refractivity contribution in [1.29, 1.82) is 0 Å². The summed E-state index contributed by atoms with van der Waals surface area (Å²) in [5.74, 6) is -0.193. The number of benzene rings is 1. The van der Waals surface area contributed by atoms with Gasteiger partial charge in [0.05, 0.1) is 0 Å². The number of carbonyl (C=O) groups is 3. The number of primary amides is 1. The Morgan fingerprint density at radius 1 is 1.16 bits per heavy atom. The molecule has 0 atom stereocenters. The van der Waals surface area contributed by atoms with Crippen LogP contribution in [0.5, 0.6) is 0 Å². The zero-order chi connectivity index (χ0) is 18.1. The molecular formula is C18H26N4O3. The van der Waals surface area contributed by atoms with E-state index in [-0.39, 0.29) is 24.8 Å². The van der Waals surface area contributed by atoms with Crippen LogP contribution in [0, 0.1) is 5.92 Å². The summed E-state index contributed by atoms with van der Waals surface area (Å²) in [4.78, 5) is 34.8. The lowest BCUT2D eigenvalue weighted by Crippen LogP contribution is -2.28. The lowest BCUT2D eigenvalue weighted by molar-refractivity contribution is -0.118. The van der Waals surface area contributed by atoms with Gasteiger partial charge in [-0.1, -0.05) is 6.07 Å². The summed E-state index contributed by atoms with van der Waals surface area (Å²) < 4.78 is 0. The number of amides is 3. The quantitative estimate of drug-likeness (QED) is 0.562. The zero-order valence-corrected chi connectivity index (χ0v) is 14.3. The third kappa shape index (κ3) is 6.93. The molecule has 1 aromatic rings. The van der Waals surface area contributed by atoms with E-state index in [4.69, 9.17) is 5.73 Å². The van der Waals surface area contributed by atoms with Crippen molar-refractivity contribution < 1.29 is 14.4 Å². The number of piperidine rings is 1. The molecule has 25 heavy (non-hydrogen) atoms. The summed E-state index contributed by atoms with van der Waals surface area (Å²) in [5, 5.41) is 8.78. The molecule has 7 nitrogen and oxygen atoms in total. The van der Waals surface area contributed by atoms with Gasteiger partial charge < -0.3 is 21.7 Å². The lowest BCUT2D eigenvalue weighted by atomic mass is 9.93. The smallest absolute Gasteiger partial charge is 0.251 e. The van der Waals surface area contributed by atoms with E-state index in [1.54, 1.807) is 24.3 Å². The fourth-order valence-electron chi connectivity index (χ4n) is 2.87. The highest BCUT2D eigenvalue weighted by molar-refractivity contribution is 5.97. The Hall–Kier alpha value is -2.41. The van der Waals surface area contributed by atoms with Crippen molar-refractivity contribution in [2.45, 2.75) is 32.1 Å². The molecule has 2 rings (SSSR count). The second kappa shape index (κ2) is 9.78. The zero-order valence-electron chi connectivity index (χ0n) is 14.3. The van der Waals surface area contributed by atoms with E-state index in [1.165, 1.54) is 0 Å². The van der Waals surface area contributed by atoms with E-state index in [2.05, 4.69) is 16.0 Å². The van der Waals surface area contributed by atoms with Crippen LogP contribution in [0.1, 0.15) is 42.5 Å². The van der Waals surface area contributed by atoms with Crippen molar-refractivity contribution >= 4 is 23.4 Å². The van der Waals surface area contributed by atoms with E-state index in [1.807, 2.05) is 0 Å². The molecule has 0 bridgehead atoms. The summed E-state index contributed by atoms with van der Waals surface area (Å²) in [5.41, 5.74) is 6.06. The minimum absolute atomic E-state index is 0.0372. The van der Waals surface area contributed by atoms with Crippen LogP contribution < -0.4 is 21.7 Å². The Kier molecular flexibility index (Phi) is 7.40. The van der Waals surface area contributed by atoms with Gasteiger partial charge in [0, 0.05) is 30.6 Å². The number of hydrogen-bond acceptors (Lipinski definition) is 4. The molecule has 0 unspecified atom stereocenters. The van der Waals surface area contributed by atoms with Gasteiger partial charge in [0.2, 0.25) is 11.8 Å². The van der Waals surface area contributed by atoms with Gasteiger partial charge in [-0.05, 0) is 56.5 Å². The normalized spacial score (nSPS) is 14.7. The molecule has 1 aliphatic heterocycles. The summed E-state index contributed by atoms with van der Waals surface area (Å²) in [7, 11) is 0. The first-order valence-electron chi connectivity index (χ1n) is 8.71. The van der Waals surface area contributed by atoms with Gasteiger partial charge in [0.1, 0.15) is 0 Å². The largest absolute Gasteiger partial charge is 0.370 e. The van der Waals surface area contributed by atoms with Crippen LogP contribution in [0.4, 0.5) is 5.69 Å². The maximum Gasteiger partial charge on any atom is 0.251 e. The molecule has 1 heterocycles. The highest BCUT2D eigenvalue weighted by Gasteiger charge is 2.15. The van der Waals surface area contributed by atoms with Crippen molar-refractivity contribution in [3.05, 3.63) is 29.8 Å². The molecule has 7 heteroatoms. The van der Waals surface area contributed by atoms with Gasteiger partial charge in [0.25, 0.3) is 5.91 Å². The summed E-state index contributed by atoms with van der Waals surface area (Å²) in [6, 6.07) is 6.75. The maximum atomic E-state index is 12.1. The van der Waals surface area contributed by atoms with Gasteiger partial charge in [-0.15, -0.1) is 0 Å². The molecule has 1 fully saturated rings. The third-order valence-corrected chi connectivity index (χ3v) is 4.30. The molecule has 0 spiro atoms. The Labute approximate surface area is 147 Å². The molecule has 0 aromatic heterocycles. The number of nitrogens with two attached hydrogens (primary N) is 1. The standard InChI is InChI=1S/C18H26N4O3/c19-16(23)8-11-21-18(25)14-2-1-3-15(12-14)22-17(24)5-4-13-6-9-20-10-7-13/h1-3,12-13,20H,4-11H2,(H2,19,23)(H,21,25)(H,22,24). The highest BCUT2D eigenvalue weighted by Crippen LogP contribution is 2.18. The average Bonchev–Trinajstić information content (AvgIpc) is 2.61. The summed E-state index contributed by atoms with van der Waals surface area (Å²) >= 11 is 0. The Balaban J connectivity index is 1.80. The highest BCUT2D eigenvalue weighted by atomic mass is 16.2. The van der Waals surface area contributed by atoms with Crippen LogP contribution in [0.3, 0.4) is 0 Å². The first kappa shape index (κ1) is 18.9. The molecule has 3 amide bonds. The van der Waals surface area contributed by atoms with Crippen LogP contribution in [0.25, 0.3) is 0 Å². The molecule has 1 aromatic carbocycles. The van der Waals surface area contributed by atoms with Crippen molar-refractivity contribution in [2.24, 2.45) is 11.7 Å². The summed E-state index contributed by atoms with van der Waals surface area (Å²) in [6.45, 7) is 2.25. The van der Waals surface area contributed by atoms with E-state index in [0.29, 0.717) is 23.6 Å². The fourth-order valence-corrected chi connectivity index (χ4v) is 2.87. The Bertz CT molecular complexity index is 612. The number of rotatable bonds is 8. The molecule has 136 valence electrons. The van der Waals surface area contributed by atoms with Crippen molar-refractivity contribution in [3.8, 4) is 0 Å². The van der Waals surface area contributed by atoms with Crippen LogP contribution in [0.15, 0.2) is 24.3 Å². The molecule has 0 saturated carbocycles. The second-order valence-corrected chi connectivity index (χ2v) is 6.33. The first-order chi connectivity index (χ1) is 12.0. The lowest BCUT2D eigenvalue weighted by Gasteiger charge is -2.22. The summed E-state index contributed by atoms with van der Waals surface area (Å²) in [6.07, 6.45) is 3.71. The predicted molar refractivity (Wildman–Crippen MR) is 96.0 cm³/mol. The van der Waals surface area contributed by atoms with Gasteiger partial charge >= 0.3 is 0 Å². The molecule has 0 radical (unpaired) electrons. The van der Waals surface area contributed by atoms with Gasteiger partial charge in [0.15, 0.2) is 0 Å². The van der Waals surface area contributed by atoms with Crippen molar-refractivity contribution in [3.63, 3.8) is 0 Å². The second-order valence-electron chi connectivity index (χ2n) is 6.33. The number of carbonyl (C=O) groups excluding carboxylic acids is 3. The van der Waals surface area contributed by atoms with Gasteiger partial charge in [-0.25, -0.2) is 0 Å². The molecule has 0 aliphatic carbocycles. The SMILES string of the molecule is NC(=O)CCNC(=O)c1cccc(NC(=O)CCC2CCNCC2)c1. The fraction of sp³-hybridized carbons (Fsp3) is 0.500. The molecular weight excluding hydrogens is 320 g/mol. The Morgan fingerprint density at radius 2 is 1.92 bits per heavy atom. The minimum Gasteiger partial charge on any atom is -0.370 e. The Morgan fingerprint density at radius 3 is 2.64 bits per heavy atom. The van der Waals surface area contributed by atoms with E-state index in [0.717, 1.165) is 32.4 Å². The van der Waals surface area contributed by atoms with Crippen molar-refractivity contribution in [2.75, 3.05) is 25.0 Å². The van der Waals surface area contributed by atoms with E-state index < -0.39 is 5.91 Å². The minimum atomic E-state index is -0.463. The monoisotopic (exact) mass is 346 g/mol. The average molecular weight is 346 g/mol. The van der Waals surface area contributed by atoms with E-state index >= 15 is 0 Å². The molecule has 5 N–H and O–H groups in total. The van der Waals surface area contributed by atoms with Crippen LogP contribution in [-0.4, -0.2) is 37.4 Å². The molecule has 1 saturated heterocycles. The first-order valence-corrected chi connectivity index (χ1v) is 8.71. The van der Waals surface area contributed by atoms with E-state index in [9.17, 15) is 14.4 Å². The topological polar surface area (TPSA) is 113 Å². The number of anilines is 1. The maximum absolute atomic E-state index is 12.1. The van der Waals surface area contributed by atoms with Crippen molar-refractivity contribution in [1.82, 2.24) is 10.6 Å². The molecule has 1 aliphatic rings. The van der Waals surface area contributed by atoms with Crippen LogP contribution in [-0.2, 0) is 9.59 Å². The van der Waals surface area contributed by atoms with Gasteiger partial charge in [-0.2, -0.15) is 0 Å². The third-order valence-electron chi connectivity index (χ3n) is 4.30. The van der Waals surface area contributed by atoms with Crippen LogP contribution in [0.2, 0.25) is 0 Å². The number of hydrogen-bond donors (Lipinski definition) is 4. The van der Waals surface area contributed by atoms with Gasteiger partial charge in [-0.3, -0.25) is 14.4 Å². The van der Waals surface area contributed by atoms with Crippen LogP contribution >= 0.6 is 0 Å². The predicted octanol–water partition coefficient (Wildman–Crippen LogP) is 1.01.